The van der Waals surface area contributed by atoms with Crippen LogP contribution in [0.4, 0.5) is 0 Å². The molecule has 0 radical (unpaired) electrons. The van der Waals surface area contributed by atoms with Gasteiger partial charge in [0.1, 0.15) is 12.4 Å². The Morgan fingerprint density at radius 2 is 2.08 bits per heavy atom. The zero-order chi connectivity index (χ0) is 17.0. The lowest BCUT2D eigenvalue weighted by Gasteiger charge is -2.32. The quantitative estimate of drug-likeness (QED) is 0.864. The number of ether oxygens (including phenoxy) is 1. The second-order valence-corrected chi connectivity index (χ2v) is 8.26. The molecule has 1 saturated heterocycles. The van der Waals surface area contributed by atoms with Gasteiger partial charge in [0.25, 0.3) is 0 Å². The van der Waals surface area contributed by atoms with E-state index in [1.807, 2.05) is 6.07 Å². The highest BCUT2D eigenvalue weighted by Crippen LogP contribution is 2.25. The fourth-order valence-electron chi connectivity index (χ4n) is 3.08. The molecular weight excluding hydrogens is 326 g/mol. The lowest BCUT2D eigenvalue weighted by Crippen LogP contribution is -2.37. The average Bonchev–Trinajstić information content (AvgIpc) is 3.09. The predicted octanol–water partition coefficient (Wildman–Crippen LogP) is 2.07. The number of rotatable bonds is 6. The van der Waals surface area contributed by atoms with E-state index < -0.39 is 9.84 Å². The summed E-state index contributed by atoms with van der Waals surface area (Å²) in [4.78, 5) is 2.72. The van der Waals surface area contributed by atoms with Crippen LogP contribution in [0.3, 0.4) is 0 Å². The maximum absolute atomic E-state index is 11.4. The molecule has 1 fully saturated rings. The molecule has 1 aliphatic rings. The average molecular weight is 349 g/mol. The van der Waals surface area contributed by atoms with E-state index in [0.717, 1.165) is 19.6 Å². The van der Waals surface area contributed by atoms with Crippen molar-refractivity contribution in [3.63, 3.8) is 0 Å². The maximum Gasteiger partial charge on any atom is 0.175 e. The molecule has 1 unspecified atom stereocenters. The number of hydrogen-bond acceptors (Lipinski definition) is 5. The van der Waals surface area contributed by atoms with E-state index >= 15 is 0 Å². The Morgan fingerprint density at radius 1 is 1.29 bits per heavy atom. The first kappa shape index (κ1) is 17.0. The summed E-state index contributed by atoms with van der Waals surface area (Å²) in [5.41, 5.74) is 1.21. The van der Waals surface area contributed by atoms with Crippen LogP contribution in [0.25, 0.3) is 0 Å². The molecular formula is C17H23N3O3S. The number of likely N-dealkylation sites (tertiary alicyclic amines) is 1. The number of aromatic nitrogens is 2. The Hall–Kier alpha value is -1.86. The number of sulfone groups is 1. The van der Waals surface area contributed by atoms with Gasteiger partial charge in [-0.3, -0.25) is 10.00 Å². The summed E-state index contributed by atoms with van der Waals surface area (Å²) >= 11 is 0. The molecule has 1 aromatic heterocycles. The van der Waals surface area contributed by atoms with Crippen LogP contribution in [-0.2, 0) is 9.84 Å². The first-order chi connectivity index (χ1) is 11.5. The number of nitrogens with zero attached hydrogens (tertiary/aromatic N) is 2. The highest BCUT2D eigenvalue weighted by molar-refractivity contribution is 7.90. The molecule has 1 aromatic carbocycles. The van der Waals surface area contributed by atoms with Crippen molar-refractivity contribution in [2.75, 3.05) is 32.5 Å². The molecule has 1 atom stereocenters. The molecule has 0 saturated carbocycles. The Kier molecular flexibility index (Phi) is 5.20. The minimum atomic E-state index is -3.16. The van der Waals surface area contributed by atoms with Crippen molar-refractivity contribution in [2.24, 2.45) is 0 Å². The van der Waals surface area contributed by atoms with Crippen molar-refractivity contribution in [1.29, 1.82) is 0 Å². The molecule has 0 spiro atoms. The zero-order valence-electron chi connectivity index (χ0n) is 13.8. The monoisotopic (exact) mass is 349 g/mol. The SMILES string of the molecule is CS(=O)(=O)c1ccc(OCCN2CCCC(c3ccn[nH]3)C2)cc1. The molecule has 24 heavy (non-hydrogen) atoms. The van der Waals surface area contributed by atoms with Crippen molar-refractivity contribution in [1.82, 2.24) is 15.1 Å². The van der Waals surface area contributed by atoms with Gasteiger partial charge in [0.15, 0.2) is 9.84 Å². The topological polar surface area (TPSA) is 75.3 Å². The molecule has 0 bridgehead atoms. The van der Waals surface area contributed by atoms with E-state index in [2.05, 4.69) is 15.1 Å². The third-order valence-electron chi connectivity index (χ3n) is 4.40. The minimum absolute atomic E-state index is 0.313. The van der Waals surface area contributed by atoms with Gasteiger partial charge in [-0.05, 0) is 49.7 Å². The summed E-state index contributed by atoms with van der Waals surface area (Å²) in [5, 5.41) is 7.11. The Balaban J connectivity index is 1.47. The standard InChI is InChI=1S/C17H23N3O3S/c1-24(21,22)16-6-4-15(5-7-16)23-12-11-20-10-2-3-14(13-20)17-8-9-18-19-17/h4-9,14H,2-3,10-13H2,1H3,(H,18,19). The molecule has 2 aromatic rings. The van der Waals surface area contributed by atoms with Crippen molar-refractivity contribution in [3.05, 3.63) is 42.2 Å². The van der Waals surface area contributed by atoms with Crippen LogP contribution in [0, 0.1) is 0 Å². The predicted molar refractivity (Wildman–Crippen MR) is 92.0 cm³/mol. The summed E-state index contributed by atoms with van der Waals surface area (Å²) < 4.78 is 28.6. The molecule has 2 heterocycles. The van der Waals surface area contributed by atoms with Crippen LogP contribution in [0.5, 0.6) is 5.75 Å². The van der Waals surface area contributed by atoms with Gasteiger partial charge in [0.2, 0.25) is 0 Å². The summed E-state index contributed by atoms with van der Waals surface area (Å²) in [7, 11) is -3.16. The van der Waals surface area contributed by atoms with E-state index in [9.17, 15) is 8.42 Å². The third kappa shape index (κ3) is 4.36. The normalized spacial score (nSPS) is 19.3. The van der Waals surface area contributed by atoms with Crippen LogP contribution in [0.2, 0.25) is 0 Å². The van der Waals surface area contributed by atoms with Crippen molar-refractivity contribution in [3.8, 4) is 5.75 Å². The number of piperidine rings is 1. The van der Waals surface area contributed by atoms with Crippen molar-refractivity contribution >= 4 is 9.84 Å². The Labute approximate surface area is 142 Å². The number of benzene rings is 1. The highest BCUT2D eigenvalue weighted by atomic mass is 32.2. The first-order valence-corrected chi connectivity index (χ1v) is 10.1. The Morgan fingerprint density at radius 3 is 2.75 bits per heavy atom. The van der Waals surface area contributed by atoms with Gasteiger partial charge in [0.05, 0.1) is 4.90 Å². The van der Waals surface area contributed by atoms with Gasteiger partial charge >= 0.3 is 0 Å². The summed E-state index contributed by atoms with van der Waals surface area (Å²) in [6, 6.07) is 8.63. The van der Waals surface area contributed by atoms with Crippen LogP contribution < -0.4 is 4.74 Å². The van der Waals surface area contributed by atoms with Gasteiger partial charge < -0.3 is 4.74 Å². The van der Waals surface area contributed by atoms with Crippen LogP contribution in [0.1, 0.15) is 24.5 Å². The summed E-state index contributed by atoms with van der Waals surface area (Å²) in [6.45, 7) is 3.55. The van der Waals surface area contributed by atoms with Gasteiger partial charge in [-0.2, -0.15) is 5.10 Å². The zero-order valence-corrected chi connectivity index (χ0v) is 14.6. The van der Waals surface area contributed by atoms with Crippen molar-refractivity contribution in [2.45, 2.75) is 23.7 Å². The Bertz CT molecular complexity index is 742. The molecule has 0 aliphatic carbocycles. The molecule has 1 N–H and O–H groups in total. The molecule has 3 rings (SSSR count). The highest BCUT2D eigenvalue weighted by Gasteiger charge is 2.21. The van der Waals surface area contributed by atoms with Crippen LogP contribution in [0.15, 0.2) is 41.4 Å². The number of hydrogen-bond donors (Lipinski definition) is 1. The maximum atomic E-state index is 11.4. The second-order valence-electron chi connectivity index (χ2n) is 6.24. The molecule has 130 valence electrons. The number of nitrogens with one attached hydrogen (secondary N) is 1. The van der Waals surface area contributed by atoms with Crippen molar-refractivity contribution < 1.29 is 13.2 Å². The molecule has 1 aliphatic heterocycles. The van der Waals surface area contributed by atoms with E-state index in [1.165, 1.54) is 24.8 Å². The van der Waals surface area contributed by atoms with E-state index in [-0.39, 0.29) is 0 Å². The third-order valence-corrected chi connectivity index (χ3v) is 5.52. The number of H-pyrrole nitrogens is 1. The van der Waals surface area contributed by atoms with Gasteiger partial charge in [-0.1, -0.05) is 0 Å². The van der Waals surface area contributed by atoms with Gasteiger partial charge in [-0.15, -0.1) is 0 Å². The molecule has 0 amide bonds. The summed E-state index contributed by atoms with van der Waals surface area (Å²) in [5.74, 6) is 1.21. The lowest BCUT2D eigenvalue weighted by atomic mass is 9.95. The largest absolute Gasteiger partial charge is 0.492 e. The fraction of sp³-hybridized carbons (Fsp3) is 0.471. The second kappa shape index (κ2) is 7.36. The number of aromatic amines is 1. The van der Waals surface area contributed by atoms with E-state index in [0.29, 0.717) is 23.2 Å². The van der Waals surface area contributed by atoms with Gasteiger partial charge in [-0.25, -0.2) is 8.42 Å². The first-order valence-electron chi connectivity index (χ1n) is 8.17. The lowest BCUT2D eigenvalue weighted by molar-refractivity contribution is 0.169. The summed E-state index contributed by atoms with van der Waals surface area (Å²) in [6.07, 6.45) is 5.37. The minimum Gasteiger partial charge on any atom is -0.492 e. The van der Waals surface area contributed by atoms with Crippen LogP contribution in [-0.4, -0.2) is 56.0 Å². The smallest absolute Gasteiger partial charge is 0.175 e. The van der Waals surface area contributed by atoms with Gasteiger partial charge in [0, 0.05) is 37.2 Å². The van der Waals surface area contributed by atoms with E-state index in [4.69, 9.17) is 4.74 Å². The van der Waals surface area contributed by atoms with Crippen LogP contribution >= 0.6 is 0 Å². The fourth-order valence-corrected chi connectivity index (χ4v) is 3.71. The molecule has 6 nitrogen and oxygen atoms in total. The van der Waals surface area contributed by atoms with E-state index in [1.54, 1.807) is 30.5 Å². The molecule has 7 heteroatoms.